The highest BCUT2D eigenvalue weighted by atomic mass is 32.1. The van der Waals surface area contributed by atoms with Gasteiger partial charge in [-0.1, -0.05) is 5.16 Å². The van der Waals surface area contributed by atoms with E-state index in [2.05, 4.69) is 21.5 Å². The first-order valence-electron chi connectivity index (χ1n) is 7.26. The molecule has 5 nitrogen and oxygen atoms in total. The minimum Gasteiger partial charge on any atom is -0.361 e. The maximum absolute atomic E-state index is 12.4. The molecule has 1 N–H and O–H groups in total. The van der Waals surface area contributed by atoms with Crippen LogP contribution in [0.5, 0.6) is 0 Å². The van der Waals surface area contributed by atoms with Crippen LogP contribution in [0.2, 0.25) is 0 Å². The number of aryl methyl sites for hydroxylation is 3. The molecule has 0 aliphatic heterocycles. The summed E-state index contributed by atoms with van der Waals surface area (Å²) in [6, 6.07) is 5.74. The Labute approximate surface area is 138 Å². The second-order valence-electron chi connectivity index (χ2n) is 5.37. The summed E-state index contributed by atoms with van der Waals surface area (Å²) in [6.45, 7) is 5.70. The van der Waals surface area contributed by atoms with Gasteiger partial charge in [0.2, 0.25) is 5.91 Å². The number of hydrogen-bond acceptors (Lipinski definition) is 5. The van der Waals surface area contributed by atoms with Crippen molar-refractivity contribution < 1.29 is 9.32 Å². The Balaban J connectivity index is 1.82. The number of aromatic nitrogens is 2. The summed E-state index contributed by atoms with van der Waals surface area (Å²) in [7, 11) is 0. The van der Waals surface area contributed by atoms with Crippen LogP contribution in [0.1, 0.15) is 21.9 Å². The van der Waals surface area contributed by atoms with Gasteiger partial charge in [0, 0.05) is 27.6 Å². The Bertz CT molecular complexity index is 832. The highest BCUT2D eigenvalue weighted by Gasteiger charge is 2.15. The molecule has 0 aliphatic carbocycles. The molecule has 23 heavy (non-hydrogen) atoms. The maximum Gasteiger partial charge on any atom is 0.229 e. The number of pyridine rings is 1. The lowest BCUT2D eigenvalue weighted by molar-refractivity contribution is -0.115. The van der Waals surface area contributed by atoms with Gasteiger partial charge in [0.1, 0.15) is 5.76 Å². The van der Waals surface area contributed by atoms with Crippen molar-refractivity contribution in [2.45, 2.75) is 27.2 Å². The number of thiophene rings is 1. The standard InChI is InChI=1S/C17H17N3O2S/c1-10-7-13(9-23-10)17-15(5-4-6-18-17)19-16(21)8-14-11(2)20-22-12(14)3/h4-7,9H,8H2,1-3H3,(H,19,21). The zero-order valence-electron chi connectivity index (χ0n) is 13.2. The number of carbonyl (C=O) groups excluding carboxylic acids is 1. The van der Waals surface area contributed by atoms with Crippen LogP contribution in [0.4, 0.5) is 5.69 Å². The molecule has 118 valence electrons. The van der Waals surface area contributed by atoms with E-state index in [1.807, 2.05) is 38.3 Å². The van der Waals surface area contributed by atoms with Crippen molar-refractivity contribution in [2.75, 3.05) is 5.32 Å². The minimum atomic E-state index is -0.111. The summed E-state index contributed by atoms with van der Waals surface area (Å²) < 4.78 is 5.10. The van der Waals surface area contributed by atoms with Gasteiger partial charge in [-0.3, -0.25) is 9.78 Å². The van der Waals surface area contributed by atoms with E-state index in [4.69, 9.17) is 4.52 Å². The van der Waals surface area contributed by atoms with E-state index in [9.17, 15) is 4.79 Å². The predicted octanol–water partition coefficient (Wildman–Crippen LogP) is 3.90. The molecule has 0 fully saturated rings. The van der Waals surface area contributed by atoms with Gasteiger partial charge in [-0.25, -0.2) is 0 Å². The number of nitrogens with zero attached hydrogens (tertiary/aromatic N) is 2. The first-order valence-corrected chi connectivity index (χ1v) is 8.14. The quantitative estimate of drug-likeness (QED) is 0.789. The number of rotatable bonds is 4. The van der Waals surface area contributed by atoms with Crippen molar-refractivity contribution in [3.8, 4) is 11.3 Å². The molecule has 3 aromatic heterocycles. The summed E-state index contributed by atoms with van der Waals surface area (Å²) in [5.74, 6) is 0.568. The largest absolute Gasteiger partial charge is 0.361 e. The van der Waals surface area contributed by atoms with E-state index in [-0.39, 0.29) is 12.3 Å². The van der Waals surface area contributed by atoms with Gasteiger partial charge in [-0.15, -0.1) is 11.3 Å². The molecule has 6 heteroatoms. The van der Waals surface area contributed by atoms with Crippen molar-refractivity contribution in [1.82, 2.24) is 10.1 Å². The fourth-order valence-electron chi connectivity index (χ4n) is 2.41. The molecule has 3 aromatic rings. The monoisotopic (exact) mass is 327 g/mol. The van der Waals surface area contributed by atoms with Crippen molar-refractivity contribution in [3.05, 3.63) is 51.7 Å². The van der Waals surface area contributed by atoms with Crippen LogP contribution in [0, 0.1) is 20.8 Å². The van der Waals surface area contributed by atoms with Gasteiger partial charge in [0.15, 0.2) is 0 Å². The maximum atomic E-state index is 12.4. The van der Waals surface area contributed by atoms with Crippen molar-refractivity contribution >= 4 is 22.9 Å². The Morgan fingerprint density at radius 1 is 1.35 bits per heavy atom. The second-order valence-corrected chi connectivity index (χ2v) is 6.49. The van der Waals surface area contributed by atoms with Gasteiger partial charge in [0.25, 0.3) is 0 Å². The second kappa shape index (κ2) is 6.34. The lowest BCUT2D eigenvalue weighted by atomic mass is 10.1. The number of amides is 1. The highest BCUT2D eigenvalue weighted by Crippen LogP contribution is 2.29. The van der Waals surface area contributed by atoms with Gasteiger partial charge < -0.3 is 9.84 Å². The number of anilines is 1. The molecule has 0 saturated carbocycles. The Morgan fingerprint density at radius 2 is 2.17 bits per heavy atom. The lowest BCUT2D eigenvalue weighted by Crippen LogP contribution is -2.16. The lowest BCUT2D eigenvalue weighted by Gasteiger charge is -2.09. The fourth-order valence-corrected chi connectivity index (χ4v) is 3.10. The van der Waals surface area contributed by atoms with Crippen LogP contribution in [0.25, 0.3) is 11.3 Å². The molecule has 0 saturated heterocycles. The zero-order chi connectivity index (χ0) is 16.4. The van der Waals surface area contributed by atoms with E-state index in [1.165, 1.54) is 4.88 Å². The molecular formula is C17H17N3O2S. The number of nitrogens with one attached hydrogen (secondary N) is 1. The summed E-state index contributed by atoms with van der Waals surface area (Å²) in [4.78, 5) is 18.0. The summed E-state index contributed by atoms with van der Waals surface area (Å²) >= 11 is 1.66. The molecule has 0 atom stereocenters. The zero-order valence-corrected chi connectivity index (χ0v) is 14.0. The van der Waals surface area contributed by atoms with E-state index in [1.54, 1.807) is 17.5 Å². The topological polar surface area (TPSA) is 68.0 Å². The third-order valence-electron chi connectivity index (χ3n) is 3.60. The van der Waals surface area contributed by atoms with Gasteiger partial charge in [-0.05, 0) is 39.0 Å². The first-order chi connectivity index (χ1) is 11.0. The van der Waals surface area contributed by atoms with Crippen LogP contribution < -0.4 is 5.32 Å². The average Bonchev–Trinajstić information content (AvgIpc) is 3.08. The molecule has 0 radical (unpaired) electrons. The summed E-state index contributed by atoms with van der Waals surface area (Å²) in [5.41, 5.74) is 4.09. The summed E-state index contributed by atoms with van der Waals surface area (Å²) in [5, 5.41) is 8.87. The molecule has 0 bridgehead atoms. The first kappa shape index (κ1) is 15.4. The predicted molar refractivity (Wildman–Crippen MR) is 90.6 cm³/mol. The van der Waals surface area contributed by atoms with Crippen LogP contribution >= 0.6 is 11.3 Å². The molecular weight excluding hydrogens is 310 g/mol. The Hall–Kier alpha value is -2.47. The van der Waals surface area contributed by atoms with Gasteiger partial charge >= 0.3 is 0 Å². The van der Waals surface area contributed by atoms with Crippen LogP contribution in [0.3, 0.4) is 0 Å². The smallest absolute Gasteiger partial charge is 0.229 e. The van der Waals surface area contributed by atoms with Gasteiger partial charge in [-0.2, -0.15) is 0 Å². The van der Waals surface area contributed by atoms with Crippen LogP contribution in [0.15, 0.2) is 34.3 Å². The molecule has 3 heterocycles. The summed E-state index contributed by atoms with van der Waals surface area (Å²) in [6.07, 6.45) is 1.96. The molecule has 0 aliphatic rings. The van der Waals surface area contributed by atoms with E-state index in [0.29, 0.717) is 11.4 Å². The third kappa shape index (κ3) is 3.32. The highest BCUT2D eigenvalue weighted by molar-refractivity contribution is 7.10. The van der Waals surface area contributed by atoms with Crippen LogP contribution in [-0.4, -0.2) is 16.0 Å². The molecule has 3 rings (SSSR count). The number of carbonyl (C=O) groups is 1. The molecule has 0 unspecified atom stereocenters. The van der Waals surface area contributed by atoms with Gasteiger partial charge in [0.05, 0.1) is 23.5 Å². The van der Waals surface area contributed by atoms with Crippen LogP contribution in [-0.2, 0) is 11.2 Å². The Morgan fingerprint density at radius 3 is 2.83 bits per heavy atom. The fraction of sp³-hybridized carbons (Fsp3) is 0.235. The van der Waals surface area contributed by atoms with Crippen molar-refractivity contribution in [2.24, 2.45) is 0 Å². The molecule has 0 spiro atoms. The normalized spacial score (nSPS) is 10.7. The van der Waals surface area contributed by atoms with Crippen molar-refractivity contribution in [1.29, 1.82) is 0 Å². The minimum absolute atomic E-state index is 0.111. The number of hydrogen-bond donors (Lipinski definition) is 1. The molecule has 0 aromatic carbocycles. The SMILES string of the molecule is Cc1cc(-c2ncccc2NC(=O)Cc2c(C)noc2C)cs1. The van der Waals surface area contributed by atoms with E-state index >= 15 is 0 Å². The average molecular weight is 327 g/mol. The van der Waals surface area contributed by atoms with Crippen molar-refractivity contribution in [3.63, 3.8) is 0 Å². The third-order valence-corrected chi connectivity index (χ3v) is 4.47. The molecule has 1 amide bonds. The van der Waals surface area contributed by atoms with E-state index < -0.39 is 0 Å². The Kier molecular flexibility index (Phi) is 4.25. The van der Waals surface area contributed by atoms with E-state index in [0.717, 1.165) is 22.5 Å².